The maximum absolute atomic E-state index is 12.9. The summed E-state index contributed by atoms with van der Waals surface area (Å²) in [4.78, 5) is 21.0. The van der Waals surface area contributed by atoms with Gasteiger partial charge in [-0.05, 0) is 67.8 Å². The normalized spacial score (nSPS) is 11.5. The van der Waals surface area contributed by atoms with Crippen LogP contribution in [0.5, 0.6) is 0 Å². The van der Waals surface area contributed by atoms with E-state index in [2.05, 4.69) is 81.4 Å². The van der Waals surface area contributed by atoms with Gasteiger partial charge < -0.3 is 14.9 Å². The highest BCUT2D eigenvalue weighted by Gasteiger charge is 2.15. The van der Waals surface area contributed by atoms with Crippen molar-refractivity contribution in [3.63, 3.8) is 0 Å². The third kappa shape index (κ3) is 3.93. The molecule has 6 rings (SSSR count). The molecule has 0 atom stereocenters. The number of fused-ring (bicyclic) bond motifs is 4. The zero-order valence-electron chi connectivity index (χ0n) is 20.3. The highest BCUT2D eigenvalue weighted by atomic mass is 16.1. The van der Waals surface area contributed by atoms with Crippen molar-refractivity contribution in [3.05, 3.63) is 96.7 Å². The highest BCUT2D eigenvalue weighted by Crippen LogP contribution is 2.32. The van der Waals surface area contributed by atoms with Crippen LogP contribution in [0.3, 0.4) is 0 Å². The molecule has 5 heteroatoms. The van der Waals surface area contributed by atoms with Crippen LogP contribution in [0.1, 0.15) is 25.3 Å². The Hall–Kier alpha value is -4.38. The van der Waals surface area contributed by atoms with Crippen LogP contribution in [0, 0.1) is 0 Å². The average Bonchev–Trinajstić information content (AvgIpc) is 3.44. The molecule has 1 amide bonds. The Kier molecular flexibility index (Phi) is 5.74. The molecule has 0 aliphatic heterocycles. The first-order valence-corrected chi connectivity index (χ1v) is 12.5. The molecule has 3 aromatic carbocycles. The summed E-state index contributed by atoms with van der Waals surface area (Å²) >= 11 is 0. The van der Waals surface area contributed by atoms with E-state index < -0.39 is 0 Å². The molecule has 0 unspecified atom stereocenters. The molecule has 0 spiro atoms. The van der Waals surface area contributed by atoms with Crippen molar-refractivity contribution in [2.45, 2.75) is 32.7 Å². The summed E-state index contributed by atoms with van der Waals surface area (Å²) in [5, 5.41) is 6.70. The Morgan fingerprint density at radius 2 is 1.67 bits per heavy atom. The topological polar surface area (TPSA) is 62.7 Å². The average molecular weight is 473 g/mol. The Morgan fingerprint density at radius 3 is 2.50 bits per heavy atom. The summed E-state index contributed by atoms with van der Waals surface area (Å²) in [6.07, 6.45) is 3.82. The summed E-state index contributed by atoms with van der Waals surface area (Å²) in [5.74, 6) is 0.0350. The van der Waals surface area contributed by atoms with Gasteiger partial charge in [0.15, 0.2) is 0 Å². The van der Waals surface area contributed by atoms with Crippen LogP contribution in [-0.2, 0) is 17.8 Å². The second-order valence-electron chi connectivity index (χ2n) is 9.13. The van der Waals surface area contributed by atoms with E-state index >= 15 is 0 Å². The predicted octanol–water partition coefficient (Wildman–Crippen LogP) is 7.32. The molecule has 0 aliphatic carbocycles. The number of pyridine rings is 1. The van der Waals surface area contributed by atoms with Crippen molar-refractivity contribution in [2.75, 3.05) is 5.32 Å². The number of aromatic amines is 1. The summed E-state index contributed by atoms with van der Waals surface area (Å²) < 4.78 is 2.32. The molecule has 3 aromatic heterocycles. The summed E-state index contributed by atoms with van der Waals surface area (Å²) in [6, 6.07) is 28.9. The van der Waals surface area contributed by atoms with Gasteiger partial charge in [0.2, 0.25) is 5.91 Å². The zero-order chi connectivity index (χ0) is 24.5. The number of rotatable bonds is 7. The van der Waals surface area contributed by atoms with Crippen molar-refractivity contribution >= 4 is 44.3 Å². The van der Waals surface area contributed by atoms with Gasteiger partial charge >= 0.3 is 0 Å². The van der Waals surface area contributed by atoms with Gasteiger partial charge in [0.1, 0.15) is 0 Å². The molecule has 178 valence electrons. The first-order chi connectivity index (χ1) is 17.7. The summed E-state index contributed by atoms with van der Waals surface area (Å²) in [7, 11) is 0. The first-order valence-electron chi connectivity index (χ1n) is 12.5. The molecule has 0 bridgehead atoms. The van der Waals surface area contributed by atoms with Crippen LogP contribution in [0.4, 0.5) is 5.69 Å². The standard InChI is InChI=1S/C31H28N4O/c1-2-35-28-15-6-4-11-23(28)25-20-21(17-18-29(25)35)33-30(36)16-9-12-24-22-10-3-5-13-26(22)34-31(24)27-14-7-8-19-32-27/h3-8,10-11,13-15,17-20,34H,2,9,12,16H2,1H3,(H,33,36). The van der Waals surface area contributed by atoms with Gasteiger partial charge in [-0.3, -0.25) is 9.78 Å². The van der Waals surface area contributed by atoms with E-state index in [1.54, 1.807) is 0 Å². The van der Waals surface area contributed by atoms with Gasteiger partial charge in [0.25, 0.3) is 0 Å². The monoisotopic (exact) mass is 472 g/mol. The number of H-pyrrole nitrogens is 1. The molecule has 0 saturated heterocycles. The molecule has 6 aromatic rings. The number of aryl methyl sites for hydroxylation is 2. The lowest BCUT2D eigenvalue weighted by molar-refractivity contribution is -0.116. The van der Waals surface area contributed by atoms with E-state index in [1.807, 2.05) is 36.5 Å². The van der Waals surface area contributed by atoms with Gasteiger partial charge in [0.05, 0.1) is 11.4 Å². The Balaban J connectivity index is 1.20. The Morgan fingerprint density at radius 1 is 0.889 bits per heavy atom. The number of para-hydroxylation sites is 2. The fourth-order valence-corrected chi connectivity index (χ4v) is 5.31. The Labute approximate surface area is 209 Å². The lowest BCUT2D eigenvalue weighted by Gasteiger charge is -2.08. The molecule has 2 N–H and O–H groups in total. The number of carbonyl (C=O) groups excluding carboxylic acids is 1. The quantitative estimate of drug-likeness (QED) is 0.256. The highest BCUT2D eigenvalue weighted by molar-refractivity contribution is 6.09. The van der Waals surface area contributed by atoms with E-state index in [9.17, 15) is 4.79 Å². The number of anilines is 1. The van der Waals surface area contributed by atoms with Crippen molar-refractivity contribution in [2.24, 2.45) is 0 Å². The minimum Gasteiger partial charge on any atom is -0.353 e. The number of hydrogen-bond acceptors (Lipinski definition) is 2. The number of carbonyl (C=O) groups is 1. The molecule has 0 radical (unpaired) electrons. The maximum atomic E-state index is 12.9. The minimum atomic E-state index is 0.0350. The molecule has 0 saturated carbocycles. The first kappa shape index (κ1) is 22.1. The van der Waals surface area contributed by atoms with Crippen molar-refractivity contribution in [1.82, 2.24) is 14.5 Å². The van der Waals surface area contributed by atoms with Gasteiger partial charge in [0, 0.05) is 57.6 Å². The second-order valence-corrected chi connectivity index (χ2v) is 9.13. The van der Waals surface area contributed by atoms with Crippen molar-refractivity contribution in [3.8, 4) is 11.4 Å². The SMILES string of the molecule is CCn1c2ccccc2c2cc(NC(=O)CCCc3c(-c4ccccn4)[nH]c4ccccc34)ccc21. The lowest BCUT2D eigenvalue weighted by atomic mass is 10.0. The molecular formula is C31H28N4O. The van der Waals surface area contributed by atoms with Crippen LogP contribution in [0.2, 0.25) is 0 Å². The van der Waals surface area contributed by atoms with E-state index in [4.69, 9.17) is 0 Å². The van der Waals surface area contributed by atoms with E-state index in [0.717, 1.165) is 42.0 Å². The molecule has 3 heterocycles. The minimum absolute atomic E-state index is 0.0350. The third-order valence-electron chi connectivity index (χ3n) is 6.94. The molecule has 5 nitrogen and oxygen atoms in total. The maximum Gasteiger partial charge on any atom is 0.224 e. The van der Waals surface area contributed by atoms with Gasteiger partial charge in [-0.1, -0.05) is 42.5 Å². The van der Waals surface area contributed by atoms with Crippen LogP contribution >= 0.6 is 0 Å². The zero-order valence-corrected chi connectivity index (χ0v) is 20.3. The van der Waals surface area contributed by atoms with Crippen LogP contribution in [0.25, 0.3) is 44.1 Å². The van der Waals surface area contributed by atoms with Gasteiger partial charge in [-0.15, -0.1) is 0 Å². The number of aromatic nitrogens is 3. The summed E-state index contributed by atoms with van der Waals surface area (Å²) in [5.41, 5.74) is 7.53. The fraction of sp³-hybridized carbons (Fsp3) is 0.161. The van der Waals surface area contributed by atoms with Crippen molar-refractivity contribution < 1.29 is 4.79 Å². The molecule has 0 aliphatic rings. The number of nitrogens with one attached hydrogen (secondary N) is 2. The van der Waals surface area contributed by atoms with Gasteiger partial charge in [-0.2, -0.15) is 0 Å². The number of nitrogens with zero attached hydrogens (tertiary/aromatic N) is 2. The number of hydrogen-bond donors (Lipinski definition) is 2. The third-order valence-corrected chi connectivity index (χ3v) is 6.94. The van der Waals surface area contributed by atoms with E-state index in [0.29, 0.717) is 6.42 Å². The lowest BCUT2D eigenvalue weighted by Crippen LogP contribution is -2.11. The Bertz CT molecular complexity index is 1690. The smallest absolute Gasteiger partial charge is 0.224 e. The largest absolute Gasteiger partial charge is 0.353 e. The molecular weight excluding hydrogens is 444 g/mol. The summed E-state index contributed by atoms with van der Waals surface area (Å²) in [6.45, 7) is 3.07. The number of amides is 1. The van der Waals surface area contributed by atoms with Crippen LogP contribution in [0.15, 0.2) is 91.1 Å². The van der Waals surface area contributed by atoms with Crippen LogP contribution in [-0.4, -0.2) is 20.4 Å². The van der Waals surface area contributed by atoms with Crippen molar-refractivity contribution in [1.29, 1.82) is 0 Å². The molecule has 36 heavy (non-hydrogen) atoms. The molecule has 0 fully saturated rings. The second kappa shape index (κ2) is 9.34. The number of benzene rings is 3. The van der Waals surface area contributed by atoms with Crippen LogP contribution < -0.4 is 5.32 Å². The predicted molar refractivity (Wildman–Crippen MR) is 148 cm³/mol. The van der Waals surface area contributed by atoms with Gasteiger partial charge in [-0.25, -0.2) is 0 Å². The fourth-order valence-electron chi connectivity index (χ4n) is 5.31. The van der Waals surface area contributed by atoms with E-state index in [-0.39, 0.29) is 5.91 Å². The van der Waals surface area contributed by atoms with E-state index in [1.165, 1.54) is 32.8 Å².